The van der Waals surface area contributed by atoms with Crippen LogP contribution in [0.3, 0.4) is 0 Å². The molecule has 174 valence electrons. The molecule has 0 aromatic heterocycles. The number of thioether (sulfide) groups is 1. The maximum absolute atomic E-state index is 12.4. The number of nitrogen functional groups attached to an aromatic ring is 1. The average Bonchev–Trinajstić information content (AvgIpc) is 3.18. The Labute approximate surface area is 195 Å². The van der Waals surface area contributed by atoms with Crippen molar-refractivity contribution >= 4 is 41.3 Å². The lowest BCUT2D eigenvalue weighted by Crippen LogP contribution is -2.25. The minimum absolute atomic E-state index is 0.0480. The van der Waals surface area contributed by atoms with Gasteiger partial charge in [-0.05, 0) is 35.4 Å². The van der Waals surface area contributed by atoms with Gasteiger partial charge in [0.05, 0.1) is 33.6 Å². The van der Waals surface area contributed by atoms with Gasteiger partial charge in [-0.3, -0.25) is 19.9 Å². The zero-order valence-corrected chi connectivity index (χ0v) is 19.1. The van der Waals surface area contributed by atoms with E-state index in [0.717, 1.165) is 16.0 Å². The molecule has 0 radical (unpaired) electrons. The highest BCUT2D eigenvalue weighted by Gasteiger charge is 2.32. The number of carbonyl (C=O) groups excluding carboxylic acids is 3. The first-order valence-electron chi connectivity index (χ1n) is 10.1. The predicted octanol–water partition coefficient (Wildman–Crippen LogP) is 2.52. The first kappa shape index (κ1) is 24.1. The van der Waals surface area contributed by atoms with Crippen LogP contribution in [0.4, 0.5) is 10.5 Å². The molecule has 1 fully saturated rings. The second kappa shape index (κ2) is 10.9. The number of methoxy groups -OCH3 is 2. The molecule has 1 aliphatic heterocycles. The zero-order chi connectivity index (χ0) is 24.0. The Morgan fingerprint density at radius 3 is 2.18 bits per heavy atom. The van der Waals surface area contributed by atoms with E-state index < -0.39 is 12.2 Å². The van der Waals surface area contributed by atoms with Gasteiger partial charge in [-0.2, -0.15) is 0 Å². The summed E-state index contributed by atoms with van der Waals surface area (Å²) in [7, 11) is 2.64. The van der Waals surface area contributed by atoms with Crippen molar-refractivity contribution in [3.8, 4) is 0 Å². The van der Waals surface area contributed by atoms with E-state index in [0.29, 0.717) is 23.5 Å². The van der Waals surface area contributed by atoms with Crippen LogP contribution in [0.2, 0.25) is 0 Å². The second-order valence-corrected chi connectivity index (χ2v) is 8.33. The fourth-order valence-corrected chi connectivity index (χ4v) is 4.55. The summed E-state index contributed by atoms with van der Waals surface area (Å²) in [5.74, 6) is -0.396. The number of amidine groups is 1. The molecule has 0 bridgehead atoms. The first-order chi connectivity index (χ1) is 15.8. The summed E-state index contributed by atoms with van der Waals surface area (Å²) in [6.07, 6.45) is -0.735. The van der Waals surface area contributed by atoms with Crippen LogP contribution in [0.25, 0.3) is 0 Å². The van der Waals surface area contributed by atoms with Crippen molar-refractivity contribution in [2.45, 2.75) is 23.8 Å². The number of hydrogen-bond donors (Lipinski definition) is 2. The van der Waals surface area contributed by atoms with Gasteiger partial charge in [0.15, 0.2) is 0 Å². The number of hydrogen-bond acceptors (Lipinski definition) is 8. The fraction of sp³-hybridized carbons (Fsp3) is 0.304. The van der Waals surface area contributed by atoms with Crippen LogP contribution in [0.5, 0.6) is 0 Å². The minimum atomic E-state index is -0.464. The summed E-state index contributed by atoms with van der Waals surface area (Å²) in [5.41, 5.74) is 8.16. The Hall–Kier alpha value is -3.53. The topological polar surface area (TPSA) is 132 Å². The largest absolute Gasteiger partial charge is 0.469 e. The summed E-state index contributed by atoms with van der Waals surface area (Å²) in [5, 5.41) is 7.48. The van der Waals surface area contributed by atoms with E-state index >= 15 is 0 Å². The highest BCUT2D eigenvalue weighted by Crippen LogP contribution is 2.32. The predicted molar refractivity (Wildman–Crippen MR) is 124 cm³/mol. The van der Waals surface area contributed by atoms with Gasteiger partial charge in [0.1, 0.15) is 11.9 Å². The summed E-state index contributed by atoms with van der Waals surface area (Å²) in [6.45, 7) is 0.344. The molecule has 3 N–H and O–H groups in total. The second-order valence-electron chi connectivity index (χ2n) is 7.30. The molecule has 1 unspecified atom stereocenters. The van der Waals surface area contributed by atoms with Crippen molar-refractivity contribution in [1.82, 2.24) is 0 Å². The molecular weight excluding hydrogens is 446 g/mol. The van der Waals surface area contributed by atoms with Crippen molar-refractivity contribution in [2.24, 2.45) is 5.73 Å². The lowest BCUT2D eigenvalue weighted by molar-refractivity contribution is -0.140. The Morgan fingerprint density at radius 2 is 1.67 bits per heavy atom. The van der Waals surface area contributed by atoms with E-state index in [1.165, 1.54) is 30.9 Å². The minimum Gasteiger partial charge on any atom is -0.469 e. The lowest BCUT2D eigenvalue weighted by atomic mass is 10.1. The fourth-order valence-electron chi connectivity index (χ4n) is 3.37. The normalized spacial score (nSPS) is 15.2. The third-order valence-corrected chi connectivity index (χ3v) is 6.43. The van der Waals surface area contributed by atoms with Crippen molar-refractivity contribution in [3.05, 3.63) is 59.2 Å². The van der Waals surface area contributed by atoms with E-state index in [4.69, 9.17) is 25.4 Å². The monoisotopic (exact) mass is 471 g/mol. The molecule has 1 heterocycles. The maximum atomic E-state index is 12.4. The number of esters is 2. The van der Waals surface area contributed by atoms with Crippen molar-refractivity contribution in [3.63, 3.8) is 0 Å². The summed E-state index contributed by atoms with van der Waals surface area (Å²) in [4.78, 5) is 38.5. The van der Waals surface area contributed by atoms with Gasteiger partial charge in [0.25, 0.3) is 0 Å². The van der Waals surface area contributed by atoms with Gasteiger partial charge < -0.3 is 19.9 Å². The van der Waals surface area contributed by atoms with Gasteiger partial charge in [0, 0.05) is 21.9 Å². The Balaban J connectivity index is 1.74. The number of nitrogens with two attached hydrogens (primary N) is 1. The number of benzene rings is 2. The van der Waals surface area contributed by atoms with Crippen molar-refractivity contribution in [1.29, 1.82) is 5.41 Å². The molecule has 0 saturated carbocycles. The number of cyclic esters (lactones) is 1. The third-order valence-electron chi connectivity index (χ3n) is 5.08. The molecule has 3 rings (SSSR count). The number of nitrogens with zero attached hydrogens (tertiary/aromatic N) is 1. The van der Waals surface area contributed by atoms with E-state index in [1.807, 2.05) is 12.1 Å². The van der Waals surface area contributed by atoms with Crippen LogP contribution < -0.4 is 10.6 Å². The SMILES string of the molecule is COC(=O)Cc1cccc(CC(=O)OC)c1SCC1CN(c2ccc(C(=N)N)cc2)C(=O)O1. The molecule has 9 nitrogen and oxygen atoms in total. The molecule has 1 aliphatic rings. The third kappa shape index (κ3) is 6.04. The number of nitrogens with one attached hydrogen (secondary N) is 1. The Morgan fingerprint density at radius 1 is 1.09 bits per heavy atom. The molecule has 2 aromatic rings. The highest BCUT2D eigenvalue weighted by molar-refractivity contribution is 7.99. The molecular formula is C23H25N3O6S. The van der Waals surface area contributed by atoms with Crippen LogP contribution in [0.15, 0.2) is 47.4 Å². The molecule has 33 heavy (non-hydrogen) atoms. The van der Waals surface area contributed by atoms with E-state index in [2.05, 4.69) is 0 Å². The molecule has 10 heteroatoms. The molecule has 1 saturated heterocycles. The number of anilines is 1. The van der Waals surface area contributed by atoms with Crippen molar-refractivity contribution in [2.75, 3.05) is 31.4 Å². The number of rotatable bonds is 9. The lowest BCUT2D eigenvalue weighted by Gasteiger charge is -2.16. The number of amides is 1. The van der Waals surface area contributed by atoms with Gasteiger partial charge in [-0.25, -0.2) is 4.79 Å². The Kier molecular flexibility index (Phi) is 7.94. The molecule has 0 spiro atoms. The summed E-state index contributed by atoms with van der Waals surface area (Å²) in [6, 6.07) is 12.2. The van der Waals surface area contributed by atoms with Crippen LogP contribution in [-0.4, -0.2) is 56.5 Å². The van der Waals surface area contributed by atoms with E-state index in [9.17, 15) is 14.4 Å². The van der Waals surface area contributed by atoms with Crippen LogP contribution in [0.1, 0.15) is 16.7 Å². The van der Waals surface area contributed by atoms with Crippen molar-refractivity contribution < 1.29 is 28.6 Å². The quantitative estimate of drug-likeness (QED) is 0.187. The summed E-state index contributed by atoms with van der Waals surface area (Å²) >= 11 is 1.42. The highest BCUT2D eigenvalue weighted by atomic mass is 32.2. The van der Waals surface area contributed by atoms with E-state index in [-0.39, 0.29) is 30.6 Å². The van der Waals surface area contributed by atoms with Gasteiger partial charge in [-0.1, -0.05) is 18.2 Å². The smallest absolute Gasteiger partial charge is 0.414 e. The zero-order valence-electron chi connectivity index (χ0n) is 18.3. The number of carbonyl (C=O) groups is 3. The van der Waals surface area contributed by atoms with Crippen LogP contribution in [0, 0.1) is 5.41 Å². The molecule has 2 aromatic carbocycles. The summed E-state index contributed by atoms with van der Waals surface area (Å²) < 4.78 is 15.1. The number of ether oxygens (including phenoxy) is 3. The maximum Gasteiger partial charge on any atom is 0.414 e. The van der Waals surface area contributed by atoms with E-state index in [1.54, 1.807) is 30.3 Å². The molecule has 1 amide bonds. The molecule has 0 aliphatic carbocycles. The van der Waals surface area contributed by atoms with Gasteiger partial charge in [0.2, 0.25) is 0 Å². The average molecular weight is 472 g/mol. The first-order valence-corrected chi connectivity index (χ1v) is 11.1. The molecule has 1 atom stereocenters. The van der Waals surface area contributed by atoms with Gasteiger partial charge >= 0.3 is 18.0 Å². The standard InChI is InChI=1S/C23H25N3O6S/c1-30-19(27)10-15-4-3-5-16(11-20(28)31-2)21(15)33-13-18-12-26(23(29)32-18)17-8-6-14(7-9-17)22(24)25/h3-9,18H,10-13H2,1-2H3,(H3,24,25). The Bertz CT molecular complexity index is 1020. The van der Waals surface area contributed by atoms with Crippen LogP contribution >= 0.6 is 11.8 Å². The van der Waals surface area contributed by atoms with Crippen LogP contribution in [-0.2, 0) is 36.6 Å². The van der Waals surface area contributed by atoms with Gasteiger partial charge in [-0.15, -0.1) is 11.8 Å².